The summed E-state index contributed by atoms with van der Waals surface area (Å²) in [5, 5.41) is 9.38. The fourth-order valence-electron chi connectivity index (χ4n) is 2.17. The van der Waals surface area contributed by atoms with Crippen LogP contribution in [0.25, 0.3) is 0 Å². The van der Waals surface area contributed by atoms with E-state index in [1.54, 1.807) is 12.0 Å². The Morgan fingerprint density at radius 3 is 2.72 bits per heavy atom. The van der Waals surface area contributed by atoms with Crippen LogP contribution in [0.4, 0.5) is 0 Å². The van der Waals surface area contributed by atoms with E-state index in [4.69, 9.17) is 4.74 Å². The van der Waals surface area contributed by atoms with Gasteiger partial charge in [-0.15, -0.1) is 0 Å². The summed E-state index contributed by atoms with van der Waals surface area (Å²) in [5.41, 5.74) is 1.13. The lowest BCUT2D eigenvalue weighted by molar-refractivity contribution is -0.130. The van der Waals surface area contributed by atoms with Crippen LogP contribution in [0, 0.1) is 0 Å². The molecule has 4 heteroatoms. The summed E-state index contributed by atoms with van der Waals surface area (Å²) in [7, 11) is 1.64. The number of rotatable bonds is 4. The molecule has 0 bridgehead atoms. The van der Waals surface area contributed by atoms with Crippen LogP contribution in [0.1, 0.15) is 18.4 Å². The summed E-state index contributed by atoms with van der Waals surface area (Å²) in [4.78, 5) is 13.6. The van der Waals surface area contributed by atoms with Gasteiger partial charge in [0.25, 0.3) is 0 Å². The maximum Gasteiger partial charge on any atom is 0.222 e. The first-order chi connectivity index (χ1) is 8.69. The van der Waals surface area contributed by atoms with Crippen molar-refractivity contribution in [1.82, 2.24) is 4.90 Å². The zero-order valence-corrected chi connectivity index (χ0v) is 10.6. The molecule has 1 aliphatic heterocycles. The zero-order valence-electron chi connectivity index (χ0n) is 10.6. The third-order valence-corrected chi connectivity index (χ3v) is 3.30. The lowest BCUT2D eigenvalue weighted by Gasteiger charge is -2.15. The molecule has 1 atom stereocenters. The van der Waals surface area contributed by atoms with Gasteiger partial charge in [-0.05, 0) is 30.5 Å². The number of benzene rings is 1. The average Bonchev–Trinajstić information content (AvgIpc) is 2.83. The van der Waals surface area contributed by atoms with Crippen LogP contribution in [0.5, 0.6) is 5.75 Å². The van der Waals surface area contributed by atoms with E-state index in [0.717, 1.165) is 17.7 Å². The number of carbonyl (C=O) groups excluding carboxylic acids is 1. The normalized spacial score (nSPS) is 19.0. The molecule has 1 amide bonds. The Balaban J connectivity index is 1.81. The number of methoxy groups -OCH3 is 1. The number of likely N-dealkylation sites (tertiary alicyclic amines) is 1. The first kappa shape index (κ1) is 12.9. The molecule has 2 rings (SSSR count). The lowest BCUT2D eigenvalue weighted by atomic mass is 10.1. The molecule has 1 saturated heterocycles. The smallest absolute Gasteiger partial charge is 0.222 e. The number of hydrogen-bond acceptors (Lipinski definition) is 3. The van der Waals surface area contributed by atoms with Gasteiger partial charge in [0.15, 0.2) is 0 Å². The fraction of sp³-hybridized carbons (Fsp3) is 0.500. The predicted molar refractivity (Wildman–Crippen MR) is 68.5 cm³/mol. The van der Waals surface area contributed by atoms with Crippen molar-refractivity contribution in [3.05, 3.63) is 29.8 Å². The van der Waals surface area contributed by atoms with E-state index in [-0.39, 0.29) is 12.0 Å². The summed E-state index contributed by atoms with van der Waals surface area (Å²) in [6, 6.07) is 7.76. The molecular weight excluding hydrogens is 230 g/mol. The number of β-amino-alcohol motifs (C(OH)–C–C–N with tert-alkyl or cyclic N) is 1. The molecule has 1 aliphatic rings. The number of hydrogen-bond donors (Lipinski definition) is 1. The second-order valence-electron chi connectivity index (χ2n) is 4.63. The van der Waals surface area contributed by atoms with E-state index in [9.17, 15) is 9.90 Å². The Hall–Kier alpha value is -1.55. The third-order valence-electron chi connectivity index (χ3n) is 3.30. The highest BCUT2D eigenvalue weighted by Gasteiger charge is 2.23. The van der Waals surface area contributed by atoms with Crippen molar-refractivity contribution in [1.29, 1.82) is 0 Å². The van der Waals surface area contributed by atoms with E-state index in [0.29, 0.717) is 25.9 Å². The Labute approximate surface area is 107 Å². The topological polar surface area (TPSA) is 49.8 Å². The first-order valence-electron chi connectivity index (χ1n) is 6.28. The second kappa shape index (κ2) is 5.87. The van der Waals surface area contributed by atoms with E-state index >= 15 is 0 Å². The molecule has 0 aliphatic carbocycles. The van der Waals surface area contributed by atoms with Crippen LogP contribution in [-0.2, 0) is 11.2 Å². The van der Waals surface area contributed by atoms with Crippen LogP contribution in [0.15, 0.2) is 24.3 Å². The Kier molecular flexibility index (Phi) is 4.20. The number of aryl methyl sites for hydroxylation is 1. The summed E-state index contributed by atoms with van der Waals surface area (Å²) in [6.07, 6.45) is 1.60. The van der Waals surface area contributed by atoms with Crippen LogP contribution in [0.3, 0.4) is 0 Å². The molecule has 4 nitrogen and oxygen atoms in total. The Morgan fingerprint density at radius 2 is 2.17 bits per heavy atom. The SMILES string of the molecule is COc1ccc(CCC(=O)N2CCC(O)C2)cc1. The van der Waals surface area contributed by atoms with Crippen LogP contribution in [0.2, 0.25) is 0 Å². The fourth-order valence-corrected chi connectivity index (χ4v) is 2.17. The van der Waals surface area contributed by atoms with Gasteiger partial charge in [-0.2, -0.15) is 0 Å². The van der Waals surface area contributed by atoms with E-state index in [1.807, 2.05) is 24.3 Å². The summed E-state index contributed by atoms with van der Waals surface area (Å²) >= 11 is 0. The molecule has 1 aromatic rings. The highest BCUT2D eigenvalue weighted by molar-refractivity contribution is 5.76. The molecule has 1 fully saturated rings. The van der Waals surface area contributed by atoms with E-state index in [2.05, 4.69) is 0 Å². The minimum Gasteiger partial charge on any atom is -0.497 e. The molecule has 18 heavy (non-hydrogen) atoms. The van der Waals surface area contributed by atoms with E-state index < -0.39 is 0 Å². The first-order valence-corrected chi connectivity index (χ1v) is 6.28. The van der Waals surface area contributed by atoms with Crippen LogP contribution < -0.4 is 4.74 Å². The van der Waals surface area contributed by atoms with Crippen molar-refractivity contribution >= 4 is 5.91 Å². The van der Waals surface area contributed by atoms with Crippen LogP contribution >= 0.6 is 0 Å². The highest BCUT2D eigenvalue weighted by Crippen LogP contribution is 2.14. The monoisotopic (exact) mass is 249 g/mol. The average molecular weight is 249 g/mol. The van der Waals surface area contributed by atoms with Gasteiger partial charge in [-0.25, -0.2) is 0 Å². The maximum absolute atomic E-state index is 11.9. The Bertz CT molecular complexity index is 402. The van der Waals surface area contributed by atoms with Crippen molar-refractivity contribution in [2.75, 3.05) is 20.2 Å². The van der Waals surface area contributed by atoms with Gasteiger partial charge >= 0.3 is 0 Å². The number of ether oxygens (including phenoxy) is 1. The molecule has 1 N–H and O–H groups in total. The van der Waals surface area contributed by atoms with Gasteiger partial charge in [-0.3, -0.25) is 4.79 Å². The Morgan fingerprint density at radius 1 is 1.44 bits per heavy atom. The van der Waals surface area contributed by atoms with Gasteiger partial charge in [0, 0.05) is 19.5 Å². The number of amides is 1. The van der Waals surface area contributed by atoms with Gasteiger partial charge in [0.1, 0.15) is 5.75 Å². The summed E-state index contributed by atoms with van der Waals surface area (Å²) in [6.45, 7) is 1.17. The predicted octanol–water partition coefficient (Wildman–Crippen LogP) is 1.22. The standard InChI is InChI=1S/C14H19NO3/c1-18-13-5-2-11(3-6-13)4-7-14(17)15-9-8-12(16)10-15/h2-3,5-6,12,16H,4,7-10H2,1H3. The molecule has 1 aromatic carbocycles. The number of carbonyl (C=O) groups is 1. The summed E-state index contributed by atoms with van der Waals surface area (Å²) < 4.78 is 5.08. The lowest BCUT2D eigenvalue weighted by Crippen LogP contribution is -2.29. The largest absolute Gasteiger partial charge is 0.497 e. The third kappa shape index (κ3) is 3.23. The summed E-state index contributed by atoms with van der Waals surface area (Å²) in [5.74, 6) is 0.954. The van der Waals surface area contributed by atoms with Gasteiger partial charge in [-0.1, -0.05) is 12.1 Å². The van der Waals surface area contributed by atoms with Gasteiger partial charge < -0.3 is 14.7 Å². The maximum atomic E-state index is 11.9. The molecule has 0 saturated carbocycles. The van der Waals surface area contributed by atoms with Crippen molar-refractivity contribution in [3.63, 3.8) is 0 Å². The van der Waals surface area contributed by atoms with Crippen molar-refractivity contribution < 1.29 is 14.6 Å². The molecule has 0 aromatic heterocycles. The molecular formula is C14H19NO3. The zero-order chi connectivity index (χ0) is 13.0. The molecule has 1 heterocycles. The van der Waals surface area contributed by atoms with Gasteiger partial charge in [0.05, 0.1) is 13.2 Å². The minimum absolute atomic E-state index is 0.127. The molecule has 98 valence electrons. The van der Waals surface area contributed by atoms with E-state index in [1.165, 1.54) is 0 Å². The van der Waals surface area contributed by atoms with Crippen LogP contribution in [-0.4, -0.2) is 42.2 Å². The minimum atomic E-state index is -0.338. The van der Waals surface area contributed by atoms with Crippen molar-refractivity contribution in [2.45, 2.75) is 25.4 Å². The number of aliphatic hydroxyl groups is 1. The second-order valence-corrected chi connectivity index (χ2v) is 4.63. The highest BCUT2D eigenvalue weighted by atomic mass is 16.5. The van der Waals surface area contributed by atoms with Crippen molar-refractivity contribution in [3.8, 4) is 5.75 Å². The van der Waals surface area contributed by atoms with Gasteiger partial charge in [0.2, 0.25) is 5.91 Å². The molecule has 0 radical (unpaired) electrons. The number of aliphatic hydroxyl groups excluding tert-OH is 1. The van der Waals surface area contributed by atoms with Crippen molar-refractivity contribution in [2.24, 2.45) is 0 Å². The molecule has 0 spiro atoms. The molecule has 1 unspecified atom stereocenters. The number of nitrogens with zero attached hydrogens (tertiary/aromatic N) is 1. The quantitative estimate of drug-likeness (QED) is 0.873.